The number of nitrogens with one attached hydrogen (secondary N) is 1. The molecule has 150 valence electrons. The number of aryl methyl sites for hydroxylation is 1. The summed E-state index contributed by atoms with van der Waals surface area (Å²) in [6.45, 7) is 2.75. The van der Waals surface area contributed by atoms with Gasteiger partial charge < -0.3 is 10.2 Å². The molecule has 2 saturated carbocycles. The number of piperidine rings is 1. The van der Waals surface area contributed by atoms with E-state index in [4.69, 9.17) is 0 Å². The third-order valence-corrected chi connectivity index (χ3v) is 6.94. The summed E-state index contributed by atoms with van der Waals surface area (Å²) in [4.78, 5) is 33.2. The van der Waals surface area contributed by atoms with Crippen molar-refractivity contribution < 1.29 is 4.79 Å². The smallest absolute Gasteiger partial charge is 0.254 e. The van der Waals surface area contributed by atoms with Crippen LogP contribution in [0.1, 0.15) is 28.9 Å². The Morgan fingerprint density at radius 1 is 1.07 bits per heavy atom. The van der Waals surface area contributed by atoms with Gasteiger partial charge in [0.2, 0.25) is 0 Å². The number of carbonyl (C=O) groups excluding carboxylic acids is 1. The molecule has 4 atom stereocenters. The molecule has 0 radical (unpaired) electrons. The van der Waals surface area contributed by atoms with E-state index >= 15 is 0 Å². The molecule has 4 unspecified atom stereocenters. The second-order valence-corrected chi connectivity index (χ2v) is 8.65. The maximum Gasteiger partial charge on any atom is 0.254 e. The minimum absolute atomic E-state index is 0.0659. The Morgan fingerprint density at radius 2 is 1.90 bits per heavy atom. The predicted molar refractivity (Wildman–Crippen MR) is 112 cm³/mol. The number of anilines is 1. The van der Waals surface area contributed by atoms with Gasteiger partial charge in [0.05, 0.1) is 29.7 Å². The molecule has 0 bridgehead atoms. The first-order valence-corrected chi connectivity index (χ1v) is 10.4. The summed E-state index contributed by atoms with van der Waals surface area (Å²) in [5.41, 5.74) is 2.64. The van der Waals surface area contributed by atoms with Crippen molar-refractivity contribution in [1.29, 1.82) is 0 Å². The SMILES string of the molecule is Cc1cnc(NC2CC34CC3CN(C(=O)c3ccccc3-c3ncccn3)C24)cn1. The maximum atomic E-state index is 13.7. The third-order valence-electron chi connectivity index (χ3n) is 6.94. The van der Waals surface area contributed by atoms with Crippen molar-refractivity contribution in [1.82, 2.24) is 24.8 Å². The van der Waals surface area contributed by atoms with E-state index in [-0.39, 0.29) is 18.0 Å². The Kier molecular flexibility index (Phi) is 3.69. The summed E-state index contributed by atoms with van der Waals surface area (Å²) in [6, 6.07) is 9.83. The Hall–Kier alpha value is -3.35. The predicted octanol–water partition coefficient (Wildman–Crippen LogP) is 2.96. The molecule has 1 spiro atoms. The normalized spacial score (nSPS) is 28.3. The van der Waals surface area contributed by atoms with Crippen LogP contribution in [0.5, 0.6) is 0 Å². The average molecular weight is 398 g/mol. The van der Waals surface area contributed by atoms with Crippen molar-refractivity contribution in [3.63, 3.8) is 0 Å². The van der Waals surface area contributed by atoms with Crippen molar-refractivity contribution in [3.8, 4) is 11.4 Å². The molecule has 3 fully saturated rings. The van der Waals surface area contributed by atoms with Gasteiger partial charge in [-0.1, -0.05) is 18.2 Å². The molecule has 30 heavy (non-hydrogen) atoms. The molecule has 2 aromatic heterocycles. The van der Waals surface area contributed by atoms with E-state index < -0.39 is 0 Å². The Balaban J connectivity index is 1.29. The molecule has 6 rings (SSSR count). The molecule has 2 aliphatic carbocycles. The van der Waals surface area contributed by atoms with Gasteiger partial charge in [-0.05, 0) is 43.2 Å². The van der Waals surface area contributed by atoms with Crippen molar-refractivity contribution in [2.75, 3.05) is 11.9 Å². The zero-order valence-electron chi connectivity index (χ0n) is 16.7. The molecule has 3 heterocycles. The monoisotopic (exact) mass is 398 g/mol. The van der Waals surface area contributed by atoms with Gasteiger partial charge >= 0.3 is 0 Å². The van der Waals surface area contributed by atoms with Gasteiger partial charge in [-0.25, -0.2) is 15.0 Å². The van der Waals surface area contributed by atoms with E-state index in [9.17, 15) is 4.79 Å². The Bertz CT molecular complexity index is 1120. The lowest BCUT2D eigenvalue weighted by molar-refractivity contribution is 0.0472. The van der Waals surface area contributed by atoms with Crippen molar-refractivity contribution in [2.45, 2.75) is 31.8 Å². The molecule has 7 nitrogen and oxygen atoms in total. The van der Waals surface area contributed by atoms with Crippen LogP contribution in [0.25, 0.3) is 11.4 Å². The lowest BCUT2D eigenvalue weighted by Gasteiger charge is -2.48. The van der Waals surface area contributed by atoms with Gasteiger partial charge in [0.1, 0.15) is 5.82 Å². The topological polar surface area (TPSA) is 83.9 Å². The first-order chi connectivity index (χ1) is 14.7. The summed E-state index contributed by atoms with van der Waals surface area (Å²) in [6.07, 6.45) is 9.27. The van der Waals surface area contributed by atoms with Crippen LogP contribution in [-0.4, -0.2) is 49.4 Å². The molecule has 7 heteroatoms. The number of aromatic nitrogens is 4. The first kappa shape index (κ1) is 17.5. The van der Waals surface area contributed by atoms with Crippen LogP contribution < -0.4 is 5.32 Å². The standard InChI is InChI=1S/C23H22N6O/c1-14-11-27-19(12-26-14)28-18-10-23-9-15(23)13-29(20(18)23)22(30)17-6-3-2-5-16(17)21-24-7-4-8-25-21/h2-8,11-12,15,18,20H,9-10,13H2,1H3,(H,27,28). The number of rotatable bonds is 4. The van der Waals surface area contributed by atoms with E-state index in [0.717, 1.165) is 30.0 Å². The second kappa shape index (κ2) is 6.32. The van der Waals surface area contributed by atoms with Crippen molar-refractivity contribution in [2.24, 2.45) is 11.3 Å². The van der Waals surface area contributed by atoms with Crippen LogP contribution in [0.2, 0.25) is 0 Å². The van der Waals surface area contributed by atoms with Crippen LogP contribution in [-0.2, 0) is 0 Å². The number of amides is 1. The fourth-order valence-corrected chi connectivity index (χ4v) is 5.47. The average Bonchev–Trinajstić information content (AvgIpc) is 3.43. The van der Waals surface area contributed by atoms with E-state index in [1.807, 2.05) is 31.2 Å². The lowest BCUT2D eigenvalue weighted by atomic mass is 9.71. The van der Waals surface area contributed by atoms with Gasteiger partial charge in [-0.15, -0.1) is 0 Å². The molecule has 1 aliphatic heterocycles. The summed E-state index contributed by atoms with van der Waals surface area (Å²) in [5.74, 6) is 2.04. The molecule has 1 N–H and O–H groups in total. The fraction of sp³-hybridized carbons (Fsp3) is 0.348. The van der Waals surface area contributed by atoms with E-state index in [1.165, 1.54) is 6.42 Å². The van der Waals surface area contributed by atoms with Gasteiger partial charge in [0, 0.05) is 30.5 Å². The number of benzene rings is 1. The summed E-state index contributed by atoms with van der Waals surface area (Å²) in [7, 11) is 0. The highest BCUT2D eigenvalue weighted by atomic mass is 16.2. The van der Waals surface area contributed by atoms with Crippen LogP contribution in [0.15, 0.2) is 55.1 Å². The molecule has 3 aliphatic rings. The van der Waals surface area contributed by atoms with E-state index in [1.54, 1.807) is 30.9 Å². The Labute approximate surface area is 174 Å². The zero-order valence-corrected chi connectivity index (χ0v) is 16.7. The first-order valence-electron chi connectivity index (χ1n) is 10.4. The van der Waals surface area contributed by atoms with Crippen LogP contribution in [0.3, 0.4) is 0 Å². The van der Waals surface area contributed by atoms with Crippen molar-refractivity contribution in [3.05, 3.63) is 66.4 Å². The number of carbonyl (C=O) groups is 1. The lowest BCUT2D eigenvalue weighted by Crippen LogP contribution is -2.60. The van der Waals surface area contributed by atoms with Crippen LogP contribution >= 0.6 is 0 Å². The maximum absolute atomic E-state index is 13.7. The third kappa shape index (κ3) is 2.54. The highest BCUT2D eigenvalue weighted by molar-refractivity contribution is 6.00. The van der Waals surface area contributed by atoms with E-state index in [2.05, 4.69) is 30.2 Å². The highest BCUT2D eigenvalue weighted by Crippen LogP contribution is 2.71. The molecule has 3 aromatic rings. The summed E-state index contributed by atoms with van der Waals surface area (Å²) >= 11 is 0. The van der Waals surface area contributed by atoms with E-state index in [0.29, 0.717) is 22.7 Å². The highest BCUT2D eigenvalue weighted by Gasteiger charge is 2.75. The minimum atomic E-state index is 0.0659. The number of likely N-dealkylation sites (tertiary alicyclic amines) is 1. The van der Waals surface area contributed by atoms with Gasteiger partial charge in [-0.3, -0.25) is 9.78 Å². The number of hydrogen-bond donors (Lipinski definition) is 1. The minimum Gasteiger partial charge on any atom is -0.364 e. The van der Waals surface area contributed by atoms with Crippen molar-refractivity contribution >= 4 is 11.7 Å². The molecule has 1 saturated heterocycles. The number of nitrogens with zero attached hydrogens (tertiary/aromatic N) is 5. The van der Waals surface area contributed by atoms with Crippen LogP contribution in [0.4, 0.5) is 5.82 Å². The number of hydrogen-bond acceptors (Lipinski definition) is 6. The summed E-state index contributed by atoms with van der Waals surface area (Å²) < 4.78 is 0. The van der Waals surface area contributed by atoms with Gasteiger partial charge in [-0.2, -0.15) is 0 Å². The van der Waals surface area contributed by atoms with Gasteiger partial charge in [0.25, 0.3) is 5.91 Å². The molecule has 1 aromatic carbocycles. The Morgan fingerprint density at radius 3 is 2.70 bits per heavy atom. The van der Waals surface area contributed by atoms with Gasteiger partial charge in [0.15, 0.2) is 5.82 Å². The molecular formula is C23H22N6O. The molecule has 1 amide bonds. The molecular weight excluding hydrogens is 376 g/mol. The quantitative estimate of drug-likeness (QED) is 0.727. The zero-order chi connectivity index (χ0) is 20.3. The fourth-order valence-electron chi connectivity index (χ4n) is 5.47. The van der Waals surface area contributed by atoms with Crippen LogP contribution in [0, 0.1) is 18.3 Å². The largest absolute Gasteiger partial charge is 0.364 e. The second-order valence-electron chi connectivity index (χ2n) is 8.65. The summed E-state index contributed by atoms with van der Waals surface area (Å²) in [5, 5.41) is 3.52.